The maximum absolute atomic E-state index is 13.8. The normalized spacial score (nSPS) is 33.2. The van der Waals surface area contributed by atoms with E-state index < -0.39 is 11.7 Å². The summed E-state index contributed by atoms with van der Waals surface area (Å²) in [6, 6.07) is 17.9. The van der Waals surface area contributed by atoms with Crippen molar-refractivity contribution in [3.63, 3.8) is 0 Å². The van der Waals surface area contributed by atoms with E-state index in [1.54, 1.807) is 16.2 Å². The van der Waals surface area contributed by atoms with Crippen LogP contribution in [0.2, 0.25) is 0 Å². The predicted octanol–water partition coefficient (Wildman–Crippen LogP) is 7.92. The first-order valence-electron chi connectivity index (χ1n) is 16.0. The number of aliphatic hydroxyl groups excluding tert-OH is 1. The lowest BCUT2D eigenvalue weighted by molar-refractivity contribution is -0.0979. The van der Waals surface area contributed by atoms with Crippen LogP contribution in [0.1, 0.15) is 63.7 Å². The maximum Gasteiger partial charge on any atom is 0.415 e. The van der Waals surface area contributed by atoms with Crippen LogP contribution in [0.25, 0.3) is 10.8 Å². The third kappa shape index (κ3) is 4.96. The fourth-order valence-electron chi connectivity index (χ4n) is 9.00. The average Bonchev–Trinajstić information content (AvgIpc) is 3.61. The van der Waals surface area contributed by atoms with Crippen LogP contribution in [-0.2, 0) is 6.42 Å². The van der Waals surface area contributed by atoms with Gasteiger partial charge in [-0.25, -0.2) is 4.79 Å². The van der Waals surface area contributed by atoms with Crippen molar-refractivity contribution in [1.82, 2.24) is 4.90 Å². The zero-order valence-corrected chi connectivity index (χ0v) is 26.1. The van der Waals surface area contributed by atoms with Crippen LogP contribution in [-0.4, -0.2) is 46.0 Å². The summed E-state index contributed by atoms with van der Waals surface area (Å²) in [6.07, 6.45) is 10.9. The van der Waals surface area contributed by atoms with Gasteiger partial charge in [0.15, 0.2) is 0 Å². The number of allylic oxidation sites excluding steroid dienone is 3. The van der Waals surface area contributed by atoms with E-state index in [-0.39, 0.29) is 29.4 Å². The van der Waals surface area contributed by atoms with Gasteiger partial charge in [-0.3, -0.25) is 0 Å². The average molecular weight is 598 g/mol. The lowest BCUT2D eigenvalue weighted by Gasteiger charge is -2.56. The molecule has 5 nitrogen and oxygen atoms in total. The van der Waals surface area contributed by atoms with Gasteiger partial charge in [0.25, 0.3) is 0 Å². The summed E-state index contributed by atoms with van der Waals surface area (Å²) in [4.78, 5) is 16.8. The highest BCUT2D eigenvalue weighted by molar-refractivity contribution is 7.09. The van der Waals surface area contributed by atoms with Crippen molar-refractivity contribution in [2.75, 3.05) is 13.1 Å². The van der Waals surface area contributed by atoms with Crippen LogP contribution < -0.4 is 4.74 Å². The van der Waals surface area contributed by atoms with Crippen molar-refractivity contribution in [3.05, 3.63) is 88.2 Å². The topological polar surface area (TPSA) is 70.0 Å². The fourth-order valence-corrected chi connectivity index (χ4v) is 9.70. The number of rotatable bonds is 6. The summed E-state index contributed by atoms with van der Waals surface area (Å²) in [5.74, 6) is 1.27. The first kappa shape index (κ1) is 28.8. The van der Waals surface area contributed by atoms with E-state index in [9.17, 15) is 15.0 Å². The number of amides is 1. The summed E-state index contributed by atoms with van der Waals surface area (Å²) < 4.78 is 5.99. The van der Waals surface area contributed by atoms with Gasteiger partial charge in [0.2, 0.25) is 0 Å². The molecular formula is C37H43NO4S. The van der Waals surface area contributed by atoms with E-state index in [1.807, 2.05) is 48.5 Å². The van der Waals surface area contributed by atoms with E-state index in [0.717, 1.165) is 55.7 Å². The number of hydrogen-bond acceptors (Lipinski definition) is 5. The molecule has 2 N–H and O–H groups in total. The Morgan fingerprint density at radius 3 is 2.60 bits per heavy atom. The van der Waals surface area contributed by atoms with Crippen molar-refractivity contribution in [3.8, 4) is 5.75 Å². The lowest BCUT2D eigenvalue weighted by Crippen LogP contribution is -2.57. The Morgan fingerprint density at radius 1 is 0.977 bits per heavy atom. The number of fused-ring (bicyclic) bond motifs is 6. The van der Waals surface area contributed by atoms with Gasteiger partial charge < -0.3 is 19.8 Å². The van der Waals surface area contributed by atoms with Crippen LogP contribution in [0.5, 0.6) is 5.75 Å². The Morgan fingerprint density at radius 2 is 1.79 bits per heavy atom. The van der Waals surface area contributed by atoms with E-state index in [2.05, 4.69) is 37.4 Å². The molecule has 43 heavy (non-hydrogen) atoms. The van der Waals surface area contributed by atoms with Crippen molar-refractivity contribution < 1.29 is 19.7 Å². The number of carbonyl (C=O) groups is 1. The highest BCUT2D eigenvalue weighted by Crippen LogP contribution is 2.66. The molecule has 7 rings (SSSR count). The summed E-state index contributed by atoms with van der Waals surface area (Å²) in [5, 5.41) is 27.1. The molecule has 0 radical (unpaired) electrons. The highest BCUT2D eigenvalue weighted by atomic mass is 32.1. The van der Waals surface area contributed by atoms with Crippen LogP contribution in [0.3, 0.4) is 0 Å². The number of carbonyl (C=O) groups excluding carboxylic acids is 1. The first-order chi connectivity index (χ1) is 20.7. The third-order valence-corrected chi connectivity index (χ3v) is 12.6. The zero-order valence-electron chi connectivity index (χ0n) is 25.3. The van der Waals surface area contributed by atoms with E-state index in [4.69, 9.17) is 4.74 Å². The summed E-state index contributed by atoms with van der Waals surface area (Å²) in [6.45, 7) is 5.43. The minimum Gasteiger partial charge on any atom is -0.410 e. The molecule has 6 heteroatoms. The third-order valence-electron chi connectivity index (χ3n) is 11.7. The van der Waals surface area contributed by atoms with Crippen LogP contribution >= 0.6 is 11.3 Å². The minimum absolute atomic E-state index is 0.0990. The van der Waals surface area contributed by atoms with Gasteiger partial charge in [0.1, 0.15) is 5.75 Å². The molecule has 3 fully saturated rings. The number of nitrogens with zero attached hydrogens (tertiary/aromatic N) is 1. The second kappa shape index (κ2) is 10.9. The standard InChI is InChI=1S/C37H43NO4S/c1-35-17-13-28(39)23-27(35)10-12-31-32(35)14-18-36(2)33(31)15-19-37(36,41)24-38(20-16-30-8-5-21-43-30)34(40)42-29-11-9-25-6-3-4-7-26(25)22-29/h3-12,21-22,28,32-33,39,41H,13-20,23-24H2,1-2H3/t28-,32-,33-,35-,36-,37+/m0/s1. The molecule has 0 spiro atoms. The molecule has 0 unspecified atom stereocenters. The quantitative estimate of drug-likeness (QED) is 0.303. The largest absolute Gasteiger partial charge is 0.415 e. The summed E-state index contributed by atoms with van der Waals surface area (Å²) in [7, 11) is 0. The van der Waals surface area contributed by atoms with Gasteiger partial charge in [-0.05, 0) is 103 Å². The van der Waals surface area contributed by atoms with Crippen LogP contribution in [0.15, 0.2) is 83.3 Å². The highest BCUT2D eigenvalue weighted by Gasteiger charge is 2.62. The molecule has 1 amide bonds. The molecule has 4 aliphatic carbocycles. The van der Waals surface area contributed by atoms with Crippen molar-refractivity contribution in [2.45, 2.75) is 76.9 Å². The molecule has 6 atom stereocenters. The van der Waals surface area contributed by atoms with Crippen LogP contribution in [0.4, 0.5) is 4.79 Å². The van der Waals surface area contributed by atoms with Gasteiger partial charge in [-0.1, -0.05) is 73.5 Å². The molecule has 2 aromatic carbocycles. The lowest BCUT2D eigenvalue weighted by atomic mass is 9.50. The molecule has 0 saturated heterocycles. The smallest absolute Gasteiger partial charge is 0.410 e. The molecule has 0 aliphatic heterocycles. The van der Waals surface area contributed by atoms with E-state index in [0.29, 0.717) is 24.6 Å². The molecule has 1 aromatic heterocycles. The number of ether oxygens (including phenoxy) is 1. The Hall–Kier alpha value is -2.93. The number of benzene rings is 2. The minimum atomic E-state index is -1.00. The number of aliphatic hydroxyl groups is 2. The van der Waals surface area contributed by atoms with Gasteiger partial charge in [0, 0.05) is 16.8 Å². The van der Waals surface area contributed by atoms with Gasteiger partial charge in [-0.15, -0.1) is 11.3 Å². The molecule has 0 bridgehead atoms. The molecule has 4 aliphatic rings. The fraction of sp³-hybridized carbons (Fsp3) is 0.486. The summed E-state index contributed by atoms with van der Waals surface area (Å²) in [5.41, 5.74) is 1.65. The second-order valence-electron chi connectivity index (χ2n) is 13.9. The second-order valence-corrected chi connectivity index (χ2v) is 15.0. The number of thiophene rings is 1. The molecule has 226 valence electrons. The molecular weight excluding hydrogens is 554 g/mol. The van der Waals surface area contributed by atoms with Crippen molar-refractivity contribution >= 4 is 28.2 Å². The Bertz CT molecular complexity index is 1580. The van der Waals surface area contributed by atoms with Crippen LogP contribution in [0, 0.1) is 22.7 Å². The Labute approximate surface area is 258 Å². The van der Waals surface area contributed by atoms with Gasteiger partial charge in [-0.2, -0.15) is 0 Å². The van der Waals surface area contributed by atoms with Crippen molar-refractivity contribution in [2.24, 2.45) is 22.7 Å². The predicted molar refractivity (Wildman–Crippen MR) is 172 cm³/mol. The monoisotopic (exact) mass is 597 g/mol. The SMILES string of the molecule is C[C@]12CC[C@H](O)CC1=CC=C1[C@@H]2CC[C@@]2(C)[C@H]1CC[C@@]2(O)CN(CCc1cccs1)C(=O)Oc1ccc2ccccc2c1. The molecule has 3 saturated carbocycles. The van der Waals surface area contributed by atoms with E-state index >= 15 is 0 Å². The zero-order chi connectivity index (χ0) is 29.8. The first-order valence-corrected chi connectivity index (χ1v) is 16.9. The van der Waals surface area contributed by atoms with E-state index in [1.165, 1.54) is 16.0 Å². The van der Waals surface area contributed by atoms with Gasteiger partial charge in [0.05, 0.1) is 18.2 Å². The number of hydrogen-bond donors (Lipinski definition) is 2. The van der Waals surface area contributed by atoms with Gasteiger partial charge >= 0.3 is 6.09 Å². The molecule has 3 aromatic rings. The molecule has 1 heterocycles. The van der Waals surface area contributed by atoms with Crippen molar-refractivity contribution in [1.29, 1.82) is 0 Å². The Balaban J connectivity index is 1.14. The Kier molecular flexibility index (Phi) is 7.31. The maximum atomic E-state index is 13.8. The summed E-state index contributed by atoms with van der Waals surface area (Å²) >= 11 is 1.69.